The van der Waals surface area contributed by atoms with Gasteiger partial charge in [-0.3, -0.25) is 4.79 Å². The van der Waals surface area contributed by atoms with E-state index in [2.05, 4.69) is 10.6 Å². The molecule has 0 bridgehead atoms. The van der Waals surface area contributed by atoms with Crippen LogP contribution >= 0.6 is 12.4 Å². The van der Waals surface area contributed by atoms with Gasteiger partial charge in [0.2, 0.25) is 5.91 Å². The van der Waals surface area contributed by atoms with Gasteiger partial charge in [0.05, 0.1) is 6.10 Å². The minimum Gasteiger partial charge on any atom is -0.387 e. The molecular formula is C13H20ClFN2O2. The molecule has 0 aliphatic heterocycles. The van der Waals surface area contributed by atoms with Crippen LogP contribution < -0.4 is 10.6 Å². The van der Waals surface area contributed by atoms with Gasteiger partial charge in [-0.25, -0.2) is 4.39 Å². The first-order valence-electron chi connectivity index (χ1n) is 5.90. The zero-order chi connectivity index (χ0) is 13.5. The van der Waals surface area contributed by atoms with Crippen molar-refractivity contribution in [1.82, 2.24) is 10.6 Å². The lowest BCUT2D eigenvalue weighted by molar-refractivity contribution is -0.124. The van der Waals surface area contributed by atoms with Gasteiger partial charge in [0.1, 0.15) is 5.82 Å². The smallest absolute Gasteiger partial charge is 0.224 e. The predicted octanol–water partition coefficient (Wildman–Crippen LogP) is 1.25. The summed E-state index contributed by atoms with van der Waals surface area (Å²) in [4.78, 5) is 11.6. The first kappa shape index (κ1) is 17.8. The summed E-state index contributed by atoms with van der Waals surface area (Å²) in [6, 6.07) is 5.57. The van der Waals surface area contributed by atoms with Crippen molar-refractivity contribution in [3.05, 3.63) is 35.6 Å². The number of halogens is 2. The van der Waals surface area contributed by atoms with Crippen molar-refractivity contribution in [2.24, 2.45) is 5.92 Å². The summed E-state index contributed by atoms with van der Waals surface area (Å²) in [7, 11) is 1.77. The molecule has 19 heavy (non-hydrogen) atoms. The van der Waals surface area contributed by atoms with Crippen LogP contribution in [-0.4, -0.2) is 31.2 Å². The van der Waals surface area contributed by atoms with Gasteiger partial charge in [-0.05, 0) is 24.7 Å². The third-order valence-electron chi connectivity index (χ3n) is 2.68. The molecule has 0 aliphatic rings. The van der Waals surface area contributed by atoms with Gasteiger partial charge in [-0.15, -0.1) is 12.4 Å². The molecule has 0 aliphatic carbocycles. The van der Waals surface area contributed by atoms with Crippen LogP contribution in [0.1, 0.15) is 18.6 Å². The van der Waals surface area contributed by atoms with Crippen molar-refractivity contribution >= 4 is 18.3 Å². The molecule has 0 radical (unpaired) electrons. The summed E-state index contributed by atoms with van der Waals surface area (Å²) in [6.07, 6.45) is -0.823. The summed E-state index contributed by atoms with van der Waals surface area (Å²) in [5, 5.41) is 15.4. The van der Waals surface area contributed by atoms with E-state index in [1.165, 1.54) is 24.3 Å². The topological polar surface area (TPSA) is 61.4 Å². The molecule has 0 aromatic heterocycles. The van der Waals surface area contributed by atoms with E-state index in [0.717, 1.165) is 0 Å². The number of amides is 1. The van der Waals surface area contributed by atoms with E-state index in [1.54, 1.807) is 14.0 Å². The highest BCUT2D eigenvalue weighted by Crippen LogP contribution is 2.12. The van der Waals surface area contributed by atoms with E-state index < -0.39 is 6.10 Å². The van der Waals surface area contributed by atoms with Crippen molar-refractivity contribution in [2.75, 3.05) is 20.1 Å². The molecule has 1 aromatic rings. The Kier molecular flexibility index (Phi) is 8.30. The quantitative estimate of drug-likeness (QED) is 0.739. The average molecular weight is 291 g/mol. The molecule has 108 valence electrons. The van der Waals surface area contributed by atoms with Gasteiger partial charge < -0.3 is 15.7 Å². The second-order valence-electron chi connectivity index (χ2n) is 4.27. The minimum atomic E-state index is -0.823. The number of carbonyl (C=O) groups is 1. The van der Waals surface area contributed by atoms with Crippen LogP contribution in [0.15, 0.2) is 24.3 Å². The molecule has 4 nitrogen and oxygen atoms in total. The fourth-order valence-corrected chi connectivity index (χ4v) is 1.57. The van der Waals surface area contributed by atoms with Crippen LogP contribution in [0.4, 0.5) is 4.39 Å². The summed E-state index contributed by atoms with van der Waals surface area (Å²) >= 11 is 0. The van der Waals surface area contributed by atoms with Crippen LogP contribution in [-0.2, 0) is 4.79 Å². The van der Waals surface area contributed by atoms with Crippen molar-refractivity contribution < 1.29 is 14.3 Å². The molecule has 0 heterocycles. The van der Waals surface area contributed by atoms with Gasteiger partial charge in [0, 0.05) is 19.0 Å². The molecule has 1 rings (SSSR count). The molecule has 0 spiro atoms. The van der Waals surface area contributed by atoms with E-state index in [0.29, 0.717) is 12.1 Å². The Bertz CT molecular complexity index is 387. The molecule has 1 aromatic carbocycles. The van der Waals surface area contributed by atoms with E-state index in [1.807, 2.05) is 0 Å². The Balaban J connectivity index is 0.00000324. The minimum absolute atomic E-state index is 0. The molecular weight excluding hydrogens is 271 g/mol. The second-order valence-corrected chi connectivity index (χ2v) is 4.27. The van der Waals surface area contributed by atoms with Crippen LogP contribution in [0.25, 0.3) is 0 Å². The summed E-state index contributed by atoms with van der Waals surface area (Å²) in [6.45, 7) is 2.51. The number of nitrogens with one attached hydrogen (secondary N) is 2. The standard InChI is InChI=1S/C13H19FN2O2.ClH/c1-9(7-15-2)13(18)16-8-12(17)10-3-5-11(14)6-4-10;/h3-6,9,12,15,17H,7-8H2,1-2H3,(H,16,18);1H. The molecule has 2 unspecified atom stereocenters. The van der Waals surface area contributed by atoms with Crippen molar-refractivity contribution in [2.45, 2.75) is 13.0 Å². The maximum absolute atomic E-state index is 12.7. The summed E-state index contributed by atoms with van der Waals surface area (Å²) in [5.74, 6) is -0.626. The van der Waals surface area contributed by atoms with E-state index in [9.17, 15) is 14.3 Å². The predicted molar refractivity (Wildman–Crippen MR) is 74.7 cm³/mol. The number of aliphatic hydroxyl groups excluding tert-OH is 1. The van der Waals surface area contributed by atoms with Crippen molar-refractivity contribution in [3.63, 3.8) is 0 Å². The molecule has 0 saturated carbocycles. The molecule has 6 heteroatoms. The summed E-state index contributed by atoms with van der Waals surface area (Å²) < 4.78 is 12.7. The number of hydrogen-bond acceptors (Lipinski definition) is 3. The summed E-state index contributed by atoms with van der Waals surface area (Å²) in [5.41, 5.74) is 0.581. The Morgan fingerprint density at radius 2 is 1.89 bits per heavy atom. The van der Waals surface area contributed by atoms with Crippen LogP contribution in [0.3, 0.4) is 0 Å². The number of rotatable bonds is 6. The maximum atomic E-state index is 12.7. The third kappa shape index (κ3) is 6.00. The van der Waals surface area contributed by atoms with Crippen LogP contribution in [0.2, 0.25) is 0 Å². The Labute approximate surface area is 118 Å². The Morgan fingerprint density at radius 1 is 1.32 bits per heavy atom. The lowest BCUT2D eigenvalue weighted by Gasteiger charge is -2.15. The monoisotopic (exact) mass is 290 g/mol. The van der Waals surface area contributed by atoms with Gasteiger partial charge in [-0.2, -0.15) is 0 Å². The lowest BCUT2D eigenvalue weighted by Crippen LogP contribution is -2.36. The van der Waals surface area contributed by atoms with Crippen molar-refractivity contribution in [1.29, 1.82) is 0 Å². The number of aliphatic hydroxyl groups is 1. The highest BCUT2D eigenvalue weighted by Gasteiger charge is 2.14. The molecule has 0 saturated heterocycles. The Morgan fingerprint density at radius 3 is 2.42 bits per heavy atom. The third-order valence-corrected chi connectivity index (χ3v) is 2.68. The molecule has 3 N–H and O–H groups in total. The zero-order valence-corrected chi connectivity index (χ0v) is 11.8. The van der Waals surface area contributed by atoms with Gasteiger partial charge >= 0.3 is 0 Å². The first-order valence-corrected chi connectivity index (χ1v) is 5.90. The Hall–Kier alpha value is -1.17. The van der Waals surface area contributed by atoms with Gasteiger partial charge in [0.15, 0.2) is 0 Å². The van der Waals surface area contributed by atoms with E-state index in [4.69, 9.17) is 0 Å². The van der Waals surface area contributed by atoms with Crippen LogP contribution in [0, 0.1) is 11.7 Å². The lowest BCUT2D eigenvalue weighted by atomic mass is 10.1. The first-order chi connectivity index (χ1) is 8.54. The second kappa shape index (κ2) is 8.85. The van der Waals surface area contributed by atoms with E-state index in [-0.39, 0.29) is 36.6 Å². The van der Waals surface area contributed by atoms with Gasteiger partial charge in [0.25, 0.3) is 0 Å². The average Bonchev–Trinajstić information content (AvgIpc) is 2.36. The van der Waals surface area contributed by atoms with Gasteiger partial charge in [-0.1, -0.05) is 19.1 Å². The fourth-order valence-electron chi connectivity index (χ4n) is 1.57. The van der Waals surface area contributed by atoms with Crippen LogP contribution in [0.5, 0.6) is 0 Å². The molecule has 1 amide bonds. The highest BCUT2D eigenvalue weighted by atomic mass is 35.5. The number of carbonyl (C=O) groups excluding carboxylic acids is 1. The highest BCUT2D eigenvalue weighted by molar-refractivity contribution is 5.85. The maximum Gasteiger partial charge on any atom is 0.224 e. The van der Waals surface area contributed by atoms with Crippen molar-refractivity contribution in [3.8, 4) is 0 Å². The number of hydrogen-bond donors (Lipinski definition) is 3. The van der Waals surface area contributed by atoms with E-state index >= 15 is 0 Å². The SMILES string of the molecule is CNCC(C)C(=O)NCC(O)c1ccc(F)cc1.Cl. The normalized spacial score (nSPS) is 13.3. The fraction of sp³-hybridized carbons (Fsp3) is 0.462. The number of benzene rings is 1. The zero-order valence-electron chi connectivity index (χ0n) is 11.0. The largest absolute Gasteiger partial charge is 0.387 e. The molecule has 0 fully saturated rings. The molecule has 2 atom stereocenters.